The Hall–Kier alpha value is -5.26. The first-order valence-electron chi connectivity index (χ1n) is 10.8. The van der Waals surface area contributed by atoms with Gasteiger partial charge in [-0.05, 0) is 35.4 Å². The minimum absolute atomic E-state index is 0.0142. The fourth-order valence-electron chi connectivity index (χ4n) is 3.96. The zero-order valence-electron chi connectivity index (χ0n) is 18.9. The number of rotatable bonds is 7. The topological polar surface area (TPSA) is 165 Å². The minimum Gasteiger partial charge on any atom is -0.379 e. The first kappa shape index (κ1) is 22.5. The van der Waals surface area contributed by atoms with E-state index in [-0.39, 0.29) is 11.3 Å². The van der Waals surface area contributed by atoms with Crippen molar-refractivity contribution in [2.24, 2.45) is 10.2 Å². The first-order valence-corrected chi connectivity index (χ1v) is 10.8. The van der Waals surface area contributed by atoms with Crippen molar-refractivity contribution in [2.75, 3.05) is 5.32 Å². The summed E-state index contributed by atoms with van der Waals surface area (Å²) in [5.41, 5.74) is 2.42. The normalized spacial score (nSPS) is 11.4. The summed E-state index contributed by atoms with van der Waals surface area (Å²) in [6, 6.07) is 19.7. The predicted molar refractivity (Wildman–Crippen MR) is 134 cm³/mol. The summed E-state index contributed by atoms with van der Waals surface area (Å²) < 4.78 is 0. The van der Waals surface area contributed by atoms with E-state index < -0.39 is 21.2 Å². The van der Waals surface area contributed by atoms with Gasteiger partial charge in [0, 0.05) is 12.6 Å². The van der Waals surface area contributed by atoms with Crippen LogP contribution >= 0.6 is 0 Å². The van der Waals surface area contributed by atoms with Gasteiger partial charge in [0.1, 0.15) is 22.4 Å². The van der Waals surface area contributed by atoms with Gasteiger partial charge in [-0.1, -0.05) is 47.7 Å². The molecule has 0 aliphatic carbocycles. The molecule has 0 aliphatic heterocycles. The number of non-ortho nitro benzene ring substituents is 1. The summed E-state index contributed by atoms with van der Waals surface area (Å²) in [4.78, 5) is 21.3. The molecule has 0 atom stereocenters. The number of hydrogen-bond donors (Lipinski definition) is 2. The van der Waals surface area contributed by atoms with E-state index >= 15 is 0 Å². The van der Waals surface area contributed by atoms with Gasteiger partial charge < -0.3 is 5.32 Å². The number of hydrogen-bond acceptors (Lipinski definition) is 9. The second kappa shape index (κ2) is 9.18. The Bertz CT molecular complexity index is 1670. The number of fused-ring (bicyclic) bond motifs is 2. The SMILES string of the molecule is Cc1c(/N=N/c2c(NCc3cccc4ccccc34)ccc3nn[nH]c23)cc([N+](=O)[O-])cc1[N+](=O)[O-]. The van der Waals surface area contributed by atoms with E-state index in [2.05, 4.69) is 31.0 Å². The largest absolute Gasteiger partial charge is 0.379 e. The lowest BCUT2D eigenvalue weighted by Gasteiger charge is -2.11. The summed E-state index contributed by atoms with van der Waals surface area (Å²) in [5.74, 6) is 0. The zero-order chi connectivity index (χ0) is 25.2. The van der Waals surface area contributed by atoms with Crippen LogP contribution in [0.25, 0.3) is 21.8 Å². The molecule has 1 heterocycles. The van der Waals surface area contributed by atoms with Gasteiger partial charge in [0.25, 0.3) is 11.4 Å². The molecular formula is C24H18N8O4. The summed E-state index contributed by atoms with van der Waals surface area (Å²) in [6.07, 6.45) is 0. The Morgan fingerprint density at radius 3 is 2.58 bits per heavy atom. The number of benzene rings is 4. The number of nitro groups is 2. The maximum atomic E-state index is 11.4. The van der Waals surface area contributed by atoms with E-state index in [0.717, 1.165) is 28.5 Å². The van der Waals surface area contributed by atoms with E-state index in [0.29, 0.717) is 29.0 Å². The van der Waals surface area contributed by atoms with Crippen LogP contribution in [0.1, 0.15) is 11.1 Å². The molecule has 2 N–H and O–H groups in total. The number of anilines is 1. The molecule has 0 spiro atoms. The van der Waals surface area contributed by atoms with E-state index in [1.165, 1.54) is 6.92 Å². The van der Waals surface area contributed by atoms with E-state index in [9.17, 15) is 20.2 Å². The second-order valence-electron chi connectivity index (χ2n) is 7.98. The Morgan fingerprint density at radius 1 is 0.972 bits per heavy atom. The Kier molecular flexibility index (Phi) is 5.74. The lowest BCUT2D eigenvalue weighted by molar-refractivity contribution is -0.394. The predicted octanol–water partition coefficient (Wildman–Crippen LogP) is 6.26. The number of nitrogens with one attached hydrogen (secondary N) is 2. The number of azo groups is 1. The number of aromatic nitrogens is 3. The molecule has 0 unspecified atom stereocenters. The van der Waals surface area contributed by atoms with Crippen LogP contribution in [-0.2, 0) is 6.54 Å². The van der Waals surface area contributed by atoms with Crippen LogP contribution < -0.4 is 5.32 Å². The summed E-state index contributed by atoms with van der Waals surface area (Å²) in [7, 11) is 0. The second-order valence-corrected chi connectivity index (χ2v) is 7.98. The van der Waals surface area contributed by atoms with Gasteiger partial charge in [-0.2, -0.15) is 0 Å². The average Bonchev–Trinajstić information content (AvgIpc) is 3.36. The highest BCUT2D eigenvalue weighted by molar-refractivity contribution is 5.93. The van der Waals surface area contributed by atoms with Gasteiger partial charge in [-0.25, -0.2) is 0 Å². The summed E-state index contributed by atoms with van der Waals surface area (Å²) in [6.45, 7) is 1.95. The molecule has 5 aromatic rings. The molecule has 178 valence electrons. The van der Waals surface area contributed by atoms with Crippen molar-refractivity contribution in [3.63, 3.8) is 0 Å². The zero-order valence-corrected chi connectivity index (χ0v) is 18.9. The molecular weight excluding hydrogens is 464 g/mol. The number of H-pyrrole nitrogens is 1. The van der Waals surface area contributed by atoms with Crippen molar-refractivity contribution < 1.29 is 9.85 Å². The Morgan fingerprint density at radius 2 is 1.78 bits per heavy atom. The third kappa shape index (κ3) is 4.18. The molecule has 12 nitrogen and oxygen atoms in total. The molecule has 0 amide bonds. The van der Waals surface area contributed by atoms with Crippen LogP contribution in [-0.4, -0.2) is 25.3 Å². The highest BCUT2D eigenvalue weighted by Crippen LogP contribution is 2.37. The van der Waals surface area contributed by atoms with Gasteiger partial charge in [0.15, 0.2) is 0 Å². The highest BCUT2D eigenvalue weighted by atomic mass is 16.6. The molecule has 36 heavy (non-hydrogen) atoms. The molecule has 5 rings (SSSR count). The fraction of sp³-hybridized carbons (Fsp3) is 0.0833. The van der Waals surface area contributed by atoms with Crippen LogP contribution in [0.3, 0.4) is 0 Å². The third-order valence-electron chi connectivity index (χ3n) is 5.83. The van der Waals surface area contributed by atoms with E-state index in [1.807, 2.05) is 42.5 Å². The highest BCUT2D eigenvalue weighted by Gasteiger charge is 2.22. The molecule has 0 bridgehead atoms. The lowest BCUT2D eigenvalue weighted by atomic mass is 10.0. The van der Waals surface area contributed by atoms with Crippen LogP contribution in [0.15, 0.2) is 77.0 Å². The van der Waals surface area contributed by atoms with Crippen LogP contribution in [0, 0.1) is 27.2 Å². The van der Waals surface area contributed by atoms with Crippen molar-refractivity contribution in [3.05, 3.63) is 98.1 Å². The monoisotopic (exact) mass is 482 g/mol. The Balaban J connectivity index is 1.55. The van der Waals surface area contributed by atoms with Gasteiger partial charge in [0.2, 0.25) is 0 Å². The van der Waals surface area contributed by atoms with Crippen molar-refractivity contribution >= 4 is 50.2 Å². The van der Waals surface area contributed by atoms with Crippen molar-refractivity contribution in [3.8, 4) is 0 Å². The summed E-state index contributed by atoms with van der Waals surface area (Å²) in [5, 5.41) is 47.4. The standard InChI is InChI=1S/C24H18N8O4/c1-14-21(11-17(31(33)34)12-22(14)32(35)36)26-28-23-19(9-10-20-24(23)29-30-27-20)25-13-16-7-4-6-15-5-2-3-8-18(15)16/h2-12,25H,13H2,1H3,(H,27,29,30)/b28-26+. The first-order chi connectivity index (χ1) is 17.4. The fourth-order valence-corrected chi connectivity index (χ4v) is 3.96. The minimum atomic E-state index is -0.706. The van der Waals surface area contributed by atoms with Crippen LogP contribution in [0.5, 0.6) is 0 Å². The van der Waals surface area contributed by atoms with Crippen LogP contribution in [0.2, 0.25) is 0 Å². The maximum Gasteiger partial charge on any atom is 0.281 e. The smallest absolute Gasteiger partial charge is 0.281 e. The average molecular weight is 482 g/mol. The van der Waals surface area contributed by atoms with Crippen molar-refractivity contribution in [1.82, 2.24) is 15.4 Å². The van der Waals surface area contributed by atoms with E-state index in [4.69, 9.17) is 0 Å². The van der Waals surface area contributed by atoms with Gasteiger partial charge in [-0.3, -0.25) is 25.3 Å². The van der Waals surface area contributed by atoms with Gasteiger partial charge >= 0.3 is 0 Å². The lowest BCUT2D eigenvalue weighted by Crippen LogP contribution is -2.00. The van der Waals surface area contributed by atoms with Crippen molar-refractivity contribution in [1.29, 1.82) is 0 Å². The van der Waals surface area contributed by atoms with Gasteiger partial charge in [-0.15, -0.1) is 15.3 Å². The molecule has 0 fully saturated rings. The Labute approximate surface area is 203 Å². The summed E-state index contributed by atoms with van der Waals surface area (Å²) >= 11 is 0. The number of nitro benzene ring substituents is 2. The van der Waals surface area contributed by atoms with Gasteiger partial charge in [0.05, 0.1) is 27.2 Å². The number of aromatic amines is 1. The maximum absolute atomic E-state index is 11.4. The molecule has 0 radical (unpaired) electrons. The third-order valence-corrected chi connectivity index (χ3v) is 5.83. The molecule has 1 aromatic heterocycles. The molecule has 0 saturated carbocycles. The number of nitrogens with zero attached hydrogens (tertiary/aromatic N) is 6. The van der Waals surface area contributed by atoms with E-state index in [1.54, 1.807) is 12.1 Å². The molecule has 0 aliphatic rings. The molecule has 0 saturated heterocycles. The quantitative estimate of drug-likeness (QED) is 0.157. The van der Waals surface area contributed by atoms with Crippen LogP contribution in [0.4, 0.5) is 28.4 Å². The van der Waals surface area contributed by atoms with Crippen molar-refractivity contribution in [2.45, 2.75) is 13.5 Å². The molecule has 12 heteroatoms. The molecule has 4 aromatic carbocycles.